The van der Waals surface area contributed by atoms with Crippen molar-refractivity contribution in [1.82, 2.24) is 30.5 Å². The first-order valence-electron chi connectivity index (χ1n) is 10.4. The largest absolute Gasteiger partial charge is 0.327 e. The van der Waals surface area contributed by atoms with Crippen LogP contribution in [0.2, 0.25) is 0 Å². The highest BCUT2D eigenvalue weighted by atomic mass is 79.9. The Morgan fingerprint density at radius 1 is 1.28 bits per heavy atom. The van der Waals surface area contributed by atoms with E-state index in [1.54, 1.807) is 4.90 Å². The van der Waals surface area contributed by atoms with E-state index in [0.717, 1.165) is 23.1 Å². The van der Waals surface area contributed by atoms with E-state index in [0.29, 0.717) is 22.7 Å². The fraction of sp³-hybridized carbons (Fsp3) is 0.364. The van der Waals surface area contributed by atoms with Gasteiger partial charge in [0, 0.05) is 11.6 Å². The first kappa shape index (κ1) is 20.7. The number of aromatic nitrogens is 5. The van der Waals surface area contributed by atoms with Gasteiger partial charge in [-0.25, -0.2) is 10.1 Å². The molecular weight excluding hydrogens is 474 g/mol. The van der Waals surface area contributed by atoms with Gasteiger partial charge in [-0.05, 0) is 74.8 Å². The van der Waals surface area contributed by atoms with Crippen LogP contribution in [-0.4, -0.2) is 54.4 Å². The number of pyridine rings is 1. The number of benzene rings is 1. The first-order valence-corrected chi connectivity index (χ1v) is 11.2. The lowest BCUT2D eigenvalue weighted by molar-refractivity contribution is -0.137. The average molecular weight is 496 g/mol. The predicted octanol–water partition coefficient (Wildman–Crippen LogP) is 2.89. The van der Waals surface area contributed by atoms with Crippen LogP contribution in [0.15, 0.2) is 41.0 Å². The van der Waals surface area contributed by atoms with Gasteiger partial charge in [0.05, 0.1) is 6.42 Å². The van der Waals surface area contributed by atoms with Crippen LogP contribution >= 0.6 is 15.9 Å². The molecule has 0 spiro atoms. The van der Waals surface area contributed by atoms with Crippen molar-refractivity contribution in [3.8, 4) is 11.4 Å². The quantitative estimate of drug-likeness (QED) is 0.525. The Bertz CT molecular complexity index is 1200. The predicted molar refractivity (Wildman–Crippen MR) is 120 cm³/mol. The Morgan fingerprint density at radius 3 is 2.91 bits per heavy atom. The number of nitrogens with one attached hydrogen (secondary N) is 2. The number of aromatic amines is 1. The third kappa shape index (κ3) is 3.79. The van der Waals surface area contributed by atoms with Crippen molar-refractivity contribution >= 4 is 33.6 Å². The highest BCUT2D eigenvalue weighted by molar-refractivity contribution is 9.10. The highest BCUT2D eigenvalue weighted by Gasteiger charge is 2.64. The van der Waals surface area contributed by atoms with Gasteiger partial charge in [0.25, 0.3) is 0 Å². The maximum atomic E-state index is 13.4. The van der Waals surface area contributed by atoms with E-state index in [4.69, 9.17) is 0 Å². The topological polar surface area (TPSA) is 117 Å². The van der Waals surface area contributed by atoms with Crippen LogP contribution in [-0.2, 0) is 16.0 Å². The van der Waals surface area contributed by atoms with Crippen LogP contribution in [0.5, 0.6) is 0 Å². The van der Waals surface area contributed by atoms with Crippen LogP contribution in [0.25, 0.3) is 11.4 Å². The third-order valence-electron chi connectivity index (χ3n) is 6.43. The van der Waals surface area contributed by atoms with Crippen molar-refractivity contribution < 1.29 is 9.59 Å². The molecule has 2 aliphatic rings. The molecule has 2 aromatic heterocycles. The second-order valence-electron chi connectivity index (χ2n) is 8.81. The fourth-order valence-corrected chi connectivity index (χ4v) is 4.88. The fourth-order valence-electron chi connectivity index (χ4n) is 4.57. The number of fused-ring (bicyclic) bond motifs is 1. The standard InChI is InChI=1S/C22H22BrN7O2/c1-12-6-7-17(23)24-19(12)25-21(32)15-10-22(2)11-16(22)30(15)18(31)9-13-4-3-5-14(8-13)20-26-28-29-27-20/h3-8,15-16H,9-11H2,1-2H3,(H,24,25,32)(H,26,27,28,29)/t15-,16+,22-/m0/s1. The molecule has 2 fully saturated rings. The van der Waals surface area contributed by atoms with Gasteiger partial charge in [0.2, 0.25) is 11.8 Å². The molecule has 5 rings (SSSR count). The molecule has 0 radical (unpaired) electrons. The number of hydrogen-bond donors (Lipinski definition) is 2. The van der Waals surface area contributed by atoms with Crippen molar-refractivity contribution in [1.29, 1.82) is 0 Å². The first-order chi connectivity index (χ1) is 15.3. The molecule has 3 atom stereocenters. The lowest BCUT2D eigenvalue weighted by Gasteiger charge is -2.27. The number of piperidine rings is 1. The van der Waals surface area contributed by atoms with Gasteiger partial charge in [-0.2, -0.15) is 0 Å². The summed E-state index contributed by atoms with van der Waals surface area (Å²) in [4.78, 5) is 32.7. The summed E-state index contributed by atoms with van der Waals surface area (Å²) in [6, 6.07) is 10.9. The zero-order valence-corrected chi connectivity index (χ0v) is 19.3. The van der Waals surface area contributed by atoms with Crippen LogP contribution in [0.1, 0.15) is 30.9 Å². The second kappa shape index (κ2) is 7.77. The van der Waals surface area contributed by atoms with Gasteiger partial charge in [-0.1, -0.05) is 31.2 Å². The van der Waals surface area contributed by atoms with Crippen molar-refractivity contribution in [3.05, 3.63) is 52.1 Å². The zero-order chi connectivity index (χ0) is 22.5. The van der Waals surface area contributed by atoms with E-state index in [1.165, 1.54) is 0 Å². The van der Waals surface area contributed by atoms with Gasteiger partial charge < -0.3 is 10.2 Å². The number of anilines is 1. The Labute approximate surface area is 193 Å². The Morgan fingerprint density at radius 2 is 2.12 bits per heavy atom. The highest BCUT2D eigenvalue weighted by Crippen LogP contribution is 2.59. The molecular formula is C22H22BrN7O2. The number of nitrogens with zero attached hydrogens (tertiary/aromatic N) is 5. The number of likely N-dealkylation sites (tertiary alicyclic amines) is 1. The van der Waals surface area contributed by atoms with E-state index in [9.17, 15) is 9.59 Å². The summed E-state index contributed by atoms with van der Waals surface area (Å²) in [5.74, 6) is 0.811. The van der Waals surface area contributed by atoms with Crippen LogP contribution in [0.3, 0.4) is 0 Å². The molecule has 1 aliphatic carbocycles. The number of rotatable bonds is 5. The van der Waals surface area contributed by atoms with Gasteiger partial charge >= 0.3 is 0 Å². The molecule has 1 saturated carbocycles. The third-order valence-corrected chi connectivity index (χ3v) is 6.87. The van der Waals surface area contributed by atoms with Crippen LogP contribution < -0.4 is 5.32 Å². The molecule has 1 aromatic carbocycles. The minimum absolute atomic E-state index is 0.00473. The summed E-state index contributed by atoms with van der Waals surface area (Å²) >= 11 is 3.35. The molecule has 3 aromatic rings. The maximum absolute atomic E-state index is 13.4. The van der Waals surface area contributed by atoms with Gasteiger partial charge in [-0.3, -0.25) is 9.59 Å². The van der Waals surface area contributed by atoms with Crippen molar-refractivity contribution in [2.24, 2.45) is 5.41 Å². The van der Waals surface area contributed by atoms with Crippen LogP contribution in [0.4, 0.5) is 5.82 Å². The van der Waals surface area contributed by atoms with E-state index >= 15 is 0 Å². The molecule has 2 amide bonds. The molecule has 1 saturated heterocycles. The summed E-state index contributed by atoms with van der Waals surface area (Å²) in [5.41, 5.74) is 2.53. The molecule has 10 heteroatoms. The molecule has 0 unspecified atom stereocenters. The maximum Gasteiger partial charge on any atom is 0.248 e. The summed E-state index contributed by atoms with van der Waals surface area (Å²) in [6.45, 7) is 4.04. The van der Waals surface area contributed by atoms with E-state index in [-0.39, 0.29) is 29.7 Å². The molecule has 164 valence electrons. The Hall–Kier alpha value is -3.14. The van der Waals surface area contributed by atoms with E-state index < -0.39 is 6.04 Å². The number of hydrogen-bond acceptors (Lipinski definition) is 6. The summed E-state index contributed by atoms with van der Waals surface area (Å²) in [5, 5.41) is 16.8. The Kier molecular flexibility index (Phi) is 5.04. The average Bonchev–Trinajstić information content (AvgIpc) is 3.11. The number of tetrazole rings is 1. The normalized spacial score (nSPS) is 23.7. The summed E-state index contributed by atoms with van der Waals surface area (Å²) in [7, 11) is 0. The number of carbonyl (C=O) groups excluding carboxylic acids is 2. The minimum atomic E-state index is -0.506. The van der Waals surface area contributed by atoms with Crippen LogP contribution in [0, 0.1) is 12.3 Å². The molecule has 32 heavy (non-hydrogen) atoms. The van der Waals surface area contributed by atoms with Gasteiger partial charge in [0.1, 0.15) is 16.5 Å². The minimum Gasteiger partial charge on any atom is -0.327 e. The summed E-state index contributed by atoms with van der Waals surface area (Å²) in [6.07, 6.45) is 1.80. The summed E-state index contributed by atoms with van der Waals surface area (Å²) < 4.78 is 0.648. The van der Waals surface area contributed by atoms with Crippen molar-refractivity contribution in [2.75, 3.05) is 5.32 Å². The van der Waals surface area contributed by atoms with Crippen molar-refractivity contribution in [3.63, 3.8) is 0 Å². The second-order valence-corrected chi connectivity index (χ2v) is 9.62. The SMILES string of the molecule is Cc1ccc(Br)nc1NC(=O)[C@@H]1C[C@@]2(C)C[C@H]2N1C(=O)Cc1cccc(-c2nnn[nH]2)c1. The lowest BCUT2D eigenvalue weighted by Crippen LogP contribution is -2.46. The lowest BCUT2D eigenvalue weighted by atomic mass is 10.0. The van der Waals surface area contributed by atoms with E-state index in [1.807, 2.05) is 43.3 Å². The van der Waals surface area contributed by atoms with Crippen molar-refractivity contribution in [2.45, 2.75) is 45.2 Å². The number of aryl methyl sites for hydroxylation is 1. The smallest absolute Gasteiger partial charge is 0.248 e. The molecule has 1 aliphatic heterocycles. The number of H-pyrrole nitrogens is 1. The number of amides is 2. The Balaban J connectivity index is 1.34. The van der Waals surface area contributed by atoms with E-state index in [2.05, 4.69) is 53.8 Å². The number of halogens is 1. The molecule has 0 bridgehead atoms. The monoisotopic (exact) mass is 495 g/mol. The molecule has 3 heterocycles. The number of carbonyl (C=O) groups is 2. The van der Waals surface area contributed by atoms with Gasteiger partial charge in [-0.15, -0.1) is 5.10 Å². The molecule has 9 nitrogen and oxygen atoms in total. The molecule has 2 N–H and O–H groups in total. The van der Waals surface area contributed by atoms with Gasteiger partial charge in [0.15, 0.2) is 5.82 Å². The zero-order valence-electron chi connectivity index (χ0n) is 17.7.